The fourth-order valence-corrected chi connectivity index (χ4v) is 3.88. The summed E-state index contributed by atoms with van der Waals surface area (Å²) in [6, 6.07) is 12.4. The number of para-hydroxylation sites is 2. The van der Waals surface area contributed by atoms with Crippen LogP contribution in [-0.2, 0) is 22.7 Å². The number of carbonyl (C=O) groups excluding carboxylic acids is 3. The van der Waals surface area contributed by atoms with Gasteiger partial charge in [0.05, 0.1) is 5.69 Å². The van der Waals surface area contributed by atoms with E-state index in [1.807, 2.05) is 30.3 Å². The number of nitrogens with one attached hydrogen (secondary N) is 2. The second-order valence-corrected chi connectivity index (χ2v) is 7.41. The van der Waals surface area contributed by atoms with Gasteiger partial charge in [0.15, 0.2) is 0 Å². The molecular weight excluding hydrogens is 384 g/mol. The fraction of sp³-hybridized carbons (Fsp3) is 0.318. The number of nitrogens with zero attached hydrogens (tertiary/aromatic N) is 1. The van der Waals surface area contributed by atoms with Crippen molar-refractivity contribution < 1.29 is 19.1 Å². The van der Waals surface area contributed by atoms with Crippen molar-refractivity contribution in [3.05, 3.63) is 59.2 Å². The highest BCUT2D eigenvalue weighted by Crippen LogP contribution is 2.29. The van der Waals surface area contributed by atoms with Gasteiger partial charge in [0.25, 0.3) is 5.91 Å². The lowest BCUT2D eigenvalue weighted by Crippen LogP contribution is -2.52. The highest BCUT2D eigenvalue weighted by atomic mass is 16.5. The number of piperidine rings is 1. The van der Waals surface area contributed by atoms with Gasteiger partial charge in [-0.05, 0) is 35.7 Å². The zero-order valence-electron chi connectivity index (χ0n) is 16.5. The molecule has 2 aromatic carbocycles. The predicted octanol–water partition coefficient (Wildman–Crippen LogP) is 1.20. The summed E-state index contributed by atoms with van der Waals surface area (Å²) >= 11 is 0. The first-order valence-corrected chi connectivity index (χ1v) is 9.98. The van der Waals surface area contributed by atoms with Crippen molar-refractivity contribution in [1.82, 2.24) is 15.5 Å². The summed E-state index contributed by atoms with van der Waals surface area (Å²) < 4.78 is 5.68. The van der Waals surface area contributed by atoms with Crippen LogP contribution in [0.4, 0.5) is 5.69 Å². The summed E-state index contributed by atoms with van der Waals surface area (Å²) in [6.07, 6.45) is 0.606. The standard InChI is InChI=1S/C22H24N4O4/c23-17-6-1-2-7-19(17)30-11-10-24-12-14-4-3-5-15-16(14)13-26(22(15)29)18-8-9-20(27)25-21(18)28/h1-7,18,24H,8-13,23H2,(H,25,27,28). The number of ether oxygens (including phenoxy) is 1. The molecule has 0 aliphatic carbocycles. The van der Waals surface area contributed by atoms with Crippen molar-refractivity contribution in [1.29, 1.82) is 0 Å². The zero-order chi connectivity index (χ0) is 21.1. The Labute approximate surface area is 174 Å². The molecule has 156 valence electrons. The molecule has 4 N–H and O–H groups in total. The van der Waals surface area contributed by atoms with Crippen molar-refractivity contribution in [3.8, 4) is 5.75 Å². The zero-order valence-corrected chi connectivity index (χ0v) is 16.5. The van der Waals surface area contributed by atoms with Crippen LogP contribution in [0.5, 0.6) is 5.75 Å². The van der Waals surface area contributed by atoms with Crippen molar-refractivity contribution in [2.24, 2.45) is 0 Å². The first-order chi connectivity index (χ1) is 14.5. The molecule has 0 bridgehead atoms. The van der Waals surface area contributed by atoms with Gasteiger partial charge in [-0.25, -0.2) is 0 Å². The Bertz CT molecular complexity index is 991. The summed E-state index contributed by atoms with van der Waals surface area (Å²) in [5.74, 6) is -0.191. The minimum atomic E-state index is -0.604. The van der Waals surface area contributed by atoms with Crippen LogP contribution >= 0.6 is 0 Å². The Hall–Kier alpha value is -3.39. The van der Waals surface area contributed by atoms with Crippen molar-refractivity contribution >= 4 is 23.4 Å². The Morgan fingerprint density at radius 1 is 1.13 bits per heavy atom. The van der Waals surface area contributed by atoms with Gasteiger partial charge in [-0.2, -0.15) is 0 Å². The first-order valence-electron chi connectivity index (χ1n) is 9.98. The molecule has 1 fully saturated rings. The lowest BCUT2D eigenvalue weighted by Gasteiger charge is -2.29. The average Bonchev–Trinajstić information content (AvgIpc) is 3.06. The summed E-state index contributed by atoms with van der Waals surface area (Å²) in [5, 5.41) is 5.65. The maximum Gasteiger partial charge on any atom is 0.255 e. The number of amides is 3. The molecule has 2 aliphatic heterocycles. The molecule has 0 aromatic heterocycles. The molecule has 1 unspecified atom stereocenters. The molecule has 8 nitrogen and oxygen atoms in total. The van der Waals surface area contributed by atoms with Gasteiger partial charge in [-0.3, -0.25) is 19.7 Å². The van der Waals surface area contributed by atoms with Crippen LogP contribution in [0.15, 0.2) is 42.5 Å². The molecule has 2 aliphatic rings. The minimum absolute atomic E-state index is 0.163. The van der Waals surface area contributed by atoms with Crippen molar-refractivity contribution in [2.45, 2.75) is 32.0 Å². The summed E-state index contributed by atoms with van der Waals surface area (Å²) in [6.45, 7) is 2.02. The molecule has 1 saturated heterocycles. The molecule has 2 aromatic rings. The quantitative estimate of drug-likeness (QED) is 0.360. The van der Waals surface area contributed by atoms with Gasteiger partial charge in [0.1, 0.15) is 18.4 Å². The van der Waals surface area contributed by atoms with Gasteiger partial charge in [-0.15, -0.1) is 0 Å². The number of anilines is 1. The Morgan fingerprint density at radius 2 is 1.97 bits per heavy atom. The number of fused-ring (bicyclic) bond motifs is 1. The molecule has 2 heterocycles. The number of nitrogens with two attached hydrogens (primary N) is 1. The van der Waals surface area contributed by atoms with Gasteiger partial charge in [0, 0.05) is 31.6 Å². The lowest BCUT2D eigenvalue weighted by molar-refractivity contribution is -0.136. The van der Waals surface area contributed by atoms with Gasteiger partial charge < -0.3 is 20.7 Å². The van der Waals surface area contributed by atoms with Gasteiger partial charge >= 0.3 is 0 Å². The third-order valence-electron chi connectivity index (χ3n) is 5.45. The summed E-state index contributed by atoms with van der Waals surface area (Å²) in [5.41, 5.74) is 9.02. The van der Waals surface area contributed by atoms with E-state index in [0.29, 0.717) is 49.7 Å². The molecule has 0 saturated carbocycles. The van der Waals surface area contributed by atoms with Crippen molar-refractivity contribution in [2.75, 3.05) is 18.9 Å². The topological polar surface area (TPSA) is 114 Å². The van der Waals surface area contributed by atoms with E-state index in [0.717, 1.165) is 11.1 Å². The lowest BCUT2D eigenvalue weighted by atomic mass is 10.0. The fourth-order valence-electron chi connectivity index (χ4n) is 3.88. The van der Waals surface area contributed by atoms with E-state index in [2.05, 4.69) is 10.6 Å². The number of benzene rings is 2. The number of carbonyl (C=O) groups is 3. The Morgan fingerprint density at radius 3 is 2.77 bits per heavy atom. The van der Waals surface area contributed by atoms with Crippen LogP contribution in [-0.4, -0.2) is 41.8 Å². The maximum atomic E-state index is 12.8. The summed E-state index contributed by atoms with van der Waals surface area (Å²) in [4.78, 5) is 38.0. The van der Waals surface area contributed by atoms with E-state index < -0.39 is 11.9 Å². The second kappa shape index (κ2) is 8.54. The molecular formula is C22H24N4O4. The molecule has 0 spiro atoms. The van der Waals surface area contributed by atoms with Crippen LogP contribution in [0.3, 0.4) is 0 Å². The van der Waals surface area contributed by atoms with E-state index in [1.165, 1.54) is 0 Å². The predicted molar refractivity (Wildman–Crippen MR) is 111 cm³/mol. The van der Waals surface area contributed by atoms with Gasteiger partial charge in [-0.1, -0.05) is 24.3 Å². The number of imide groups is 1. The first kappa shape index (κ1) is 19.9. The third kappa shape index (κ3) is 3.99. The van der Waals surface area contributed by atoms with Crippen LogP contribution in [0.25, 0.3) is 0 Å². The van der Waals surface area contributed by atoms with E-state index in [1.54, 1.807) is 17.0 Å². The van der Waals surface area contributed by atoms with Crippen LogP contribution < -0.4 is 21.1 Å². The van der Waals surface area contributed by atoms with Crippen LogP contribution in [0.1, 0.15) is 34.3 Å². The van der Waals surface area contributed by atoms with E-state index >= 15 is 0 Å². The smallest absolute Gasteiger partial charge is 0.255 e. The number of hydrogen-bond donors (Lipinski definition) is 3. The SMILES string of the molecule is Nc1ccccc1OCCNCc1cccc2c1CN(C1CCC(=O)NC1=O)C2=O. The molecule has 30 heavy (non-hydrogen) atoms. The summed E-state index contributed by atoms with van der Waals surface area (Å²) in [7, 11) is 0. The molecule has 3 amide bonds. The maximum absolute atomic E-state index is 12.8. The second-order valence-electron chi connectivity index (χ2n) is 7.41. The van der Waals surface area contributed by atoms with Crippen LogP contribution in [0.2, 0.25) is 0 Å². The highest BCUT2D eigenvalue weighted by Gasteiger charge is 2.39. The monoisotopic (exact) mass is 408 g/mol. The van der Waals surface area contributed by atoms with E-state index in [-0.39, 0.29) is 18.2 Å². The van der Waals surface area contributed by atoms with Gasteiger partial charge in [0.2, 0.25) is 11.8 Å². The normalized spacial score (nSPS) is 18.3. The number of rotatable bonds is 7. The number of nitrogen functional groups attached to an aromatic ring is 1. The largest absolute Gasteiger partial charge is 0.490 e. The molecule has 1 atom stereocenters. The number of hydrogen-bond acceptors (Lipinski definition) is 6. The molecule has 4 rings (SSSR count). The third-order valence-corrected chi connectivity index (χ3v) is 5.45. The Kier molecular flexibility index (Phi) is 5.67. The average molecular weight is 408 g/mol. The van der Waals surface area contributed by atoms with Crippen LogP contribution in [0, 0.1) is 0 Å². The molecule has 8 heteroatoms. The minimum Gasteiger partial charge on any atom is -0.490 e. The Balaban J connectivity index is 1.35. The van der Waals surface area contributed by atoms with E-state index in [9.17, 15) is 14.4 Å². The highest BCUT2D eigenvalue weighted by molar-refractivity contribution is 6.05. The van der Waals surface area contributed by atoms with E-state index in [4.69, 9.17) is 10.5 Å². The molecule has 0 radical (unpaired) electrons. The van der Waals surface area contributed by atoms with Crippen molar-refractivity contribution in [3.63, 3.8) is 0 Å².